The van der Waals surface area contributed by atoms with Crippen LogP contribution in [0.4, 0.5) is 14.6 Å². The average Bonchev–Trinajstić information content (AvgIpc) is 2.54. The number of benzene rings is 1. The zero-order valence-electron chi connectivity index (χ0n) is 12.1. The van der Waals surface area contributed by atoms with E-state index in [2.05, 4.69) is 15.6 Å². The number of pyridine rings is 1. The third kappa shape index (κ3) is 4.25. The van der Waals surface area contributed by atoms with Crippen LogP contribution in [0, 0.1) is 0 Å². The zero-order valence-corrected chi connectivity index (χ0v) is 12.1. The number of hydrogen-bond acceptors (Lipinski definition) is 3. The molecule has 0 saturated heterocycles. The molecular formula is C16H17F2N3O. The van der Waals surface area contributed by atoms with E-state index in [0.717, 1.165) is 5.56 Å². The first-order chi connectivity index (χ1) is 10.6. The summed E-state index contributed by atoms with van der Waals surface area (Å²) in [5, 5.41) is 5.77. The fourth-order valence-corrected chi connectivity index (χ4v) is 1.87. The summed E-state index contributed by atoms with van der Waals surface area (Å²) in [5.74, 6) is 0.454. The highest BCUT2D eigenvalue weighted by Crippen LogP contribution is 2.19. The lowest BCUT2D eigenvalue weighted by molar-refractivity contribution is 0.0955. The number of hydrogen-bond donors (Lipinski definition) is 2. The fraction of sp³-hybridized carbons (Fsp3) is 0.250. The molecular weight excluding hydrogens is 288 g/mol. The van der Waals surface area contributed by atoms with Gasteiger partial charge in [0.25, 0.3) is 12.3 Å². The van der Waals surface area contributed by atoms with E-state index in [1.807, 2.05) is 6.92 Å². The van der Waals surface area contributed by atoms with Crippen molar-refractivity contribution < 1.29 is 13.6 Å². The lowest BCUT2D eigenvalue weighted by Gasteiger charge is -2.07. The molecule has 1 amide bonds. The minimum Gasteiger partial charge on any atom is -0.366 e. The number of halogens is 2. The first kappa shape index (κ1) is 15.9. The number of rotatable bonds is 6. The van der Waals surface area contributed by atoms with Gasteiger partial charge in [-0.2, -0.15) is 0 Å². The summed E-state index contributed by atoms with van der Waals surface area (Å²) in [7, 11) is 0. The molecule has 0 spiro atoms. The normalized spacial score (nSPS) is 10.5. The summed E-state index contributed by atoms with van der Waals surface area (Å²) >= 11 is 0. The summed E-state index contributed by atoms with van der Waals surface area (Å²) in [6.45, 7) is 2.88. The highest BCUT2D eigenvalue weighted by Gasteiger charge is 2.06. The SMILES string of the molecule is CCNC(=O)c1ccc(NCc2ccc(C(F)F)cc2)nc1. The molecule has 0 atom stereocenters. The minimum absolute atomic E-state index is 0.00756. The molecule has 1 heterocycles. The van der Waals surface area contributed by atoms with E-state index in [9.17, 15) is 13.6 Å². The standard InChI is InChI=1S/C16H17F2N3O/c1-2-19-16(22)13-7-8-14(21-10-13)20-9-11-3-5-12(6-4-11)15(17)18/h3-8,10,15H,2,9H2,1H3,(H,19,22)(H,20,21). The molecule has 0 saturated carbocycles. The molecule has 2 rings (SSSR count). The van der Waals surface area contributed by atoms with Crippen molar-refractivity contribution in [3.05, 3.63) is 59.3 Å². The van der Waals surface area contributed by atoms with Gasteiger partial charge in [0.05, 0.1) is 5.56 Å². The molecule has 22 heavy (non-hydrogen) atoms. The first-order valence-corrected chi connectivity index (χ1v) is 6.95. The predicted octanol–water partition coefficient (Wildman–Crippen LogP) is 3.38. The Balaban J connectivity index is 1.92. The number of carbonyl (C=O) groups excluding carboxylic acids is 1. The van der Waals surface area contributed by atoms with E-state index >= 15 is 0 Å². The smallest absolute Gasteiger partial charge is 0.263 e. The van der Waals surface area contributed by atoms with Gasteiger partial charge in [0.2, 0.25) is 0 Å². The Kier molecular flexibility index (Phi) is 5.41. The Morgan fingerprint density at radius 1 is 1.18 bits per heavy atom. The van der Waals surface area contributed by atoms with Crippen LogP contribution in [-0.4, -0.2) is 17.4 Å². The maximum Gasteiger partial charge on any atom is 0.263 e. The van der Waals surface area contributed by atoms with E-state index in [0.29, 0.717) is 24.5 Å². The number of amides is 1. The Bertz CT molecular complexity index is 612. The van der Waals surface area contributed by atoms with Gasteiger partial charge in [-0.1, -0.05) is 24.3 Å². The maximum atomic E-state index is 12.4. The number of alkyl halides is 2. The van der Waals surface area contributed by atoms with Gasteiger partial charge >= 0.3 is 0 Å². The molecule has 1 aromatic carbocycles. The van der Waals surface area contributed by atoms with Gasteiger partial charge in [-0.15, -0.1) is 0 Å². The van der Waals surface area contributed by atoms with Crippen LogP contribution in [-0.2, 0) is 6.54 Å². The van der Waals surface area contributed by atoms with Crippen molar-refractivity contribution in [1.29, 1.82) is 0 Å². The van der Waals surface area contributed by atoms with Crippen molar-refractivity contribution in [3.63, 3.8) is 0 Å². The second kappa shape index (κ2) is 7.49. The molecule has 0 aliphatic rings. The van der Waals surface area contributed by atoms with Crippen LogP contribution in [0.2, 0.25) is 0 Å². The predicted molar refractivity (Wildman–Crippen MR) is 81.0 cm³/mol. The van der Waals surface area contributed by atoms with Gasteiger partial charge in [-0.3, -0.25) is 4.79 Å². The molecule has 0 fully saturated rings. The lowest BCUT2D eigenvalue weighted by atomic mass is 10.1. The monoisotopic (exact) mass is 305 g/mol. The van der Waals surface area contributed by atoms with Crippen LogP contribution < -0.4 is 10.6 Å². The summed E-state index contributed by atoms with van der Waals surface area (Å²) in [6, 6.07) is 9.51. The molecule has 2 aromatic rings. The average molecular weight is 305 g/mol. The van der Waals surface area contributed by atoms with Gasteiger partial charge in [0.1, 0.15) is 5.82 Å². The van der Waals surface area contributed by atoms with Gasteiger partial charge in [-0.25, -0.2) is 13.8 Å². The van der Waals surface area contributed by atoms with Crippen molar-refractivity contribution >= 4 is 11.7 Å². The Labute approximate surface area is 127 Å². The quantitative estimate of drug-likeness (QED) is 0.860. The summed E-state index contributed by atoms with van der Waals surface area (Å²) < 4.78 is 24.9. The van der Waals surface area contributed by atoms with Crippen LogP contribution in [0.15, 0.2) is 42.6 Å². The highest BCUT2D eigenvalue weighted by atomic mass is 19.3. The fourth-order valence-electron chi connectivity index (χ4n) is 1.87. The highest BCUT2D eigenvalue weighted by molar-refractivity contribution is 5.93. The maximum absolute atomic E-state index is 12.4. The molecule has 1 aromatic heterocycles. The van der Waals surface area contributed by atoms with Crippen molar-refractivity contribution in [2.45, 2.75) is 19.9 Å². The van der Waals surface area contributed by atoms with Crippen molar-refractivity contribution in [2.24, 2.45) is 0 Å². The largest absolute Gasteiger partial charge is 0.366 e. The van der Waals surface area contributed by atoms with Crippen molar-refractivity contribution in [1.82, 2.24) is 10.3 Å². The van der Waals surface area contributed by atoms with Gasteiger partial charge in [0, 0.05) is 24.8 Å². The second-order valence-electron chi connectivity index (χ2n) is 4.69. The van der Waals surface area contributed by atoms with Crippen LogP contribution in [0.3, 0.4) is 0 Å². The summed E-state index contributed by atoms with van der Waals surface area (Å²) in [4.78, 5) is 15.7. The molecule has 6 heteroatoms. The Morgan fingerprint density at radius 3 is 2.45 bits per heavy atom. The van der Waals surface area contributed by atoms with Crippen molar-refractivity contribution in [2.75, 3.05) is 11.9 Å². The molecule has 0 aliphatic heterocycles. The van der Waals surface area contributed by atoms with E-state index < -0.39 is 6.43 Å². The number of nitrogens with zero attached hydrogens (tertiary/aromatic N) is 1. The summed E-state index contributed by atoms with van der Waals surface area (Å²) in [5.41, 5.74) is 1.38. The molecule has 2 N–H and O–H groups in total. The number of nitrogens with one attached hydrogen (secondary N) is 2. The molecule has 4 nitrogen and oxygen atoms in total. The molecule has 0 radical (unpaired) electrons. The minimum atomic E-state index is -2.45. The van der Waals surface area contributed by atoms with E-state index in [1.165, 1.54) is 18.3 Å². The Morgan fingerprint density at radius 2 is 1.91 bits per heavy atom. The topological polar surface area (TPSA) is 54.0 Å². The second-order valence-corrected chi connectivity index (χ2v) is 4.69. The number of anilines is 1. The third-order valence-electron chi connectivity index (χ3n) is 3.07. The van der Waals surface area contributed by atoms with E-state index in [4.69, 9.17) is 0 Å². The lowest BCUT2D eigenvalue weighted by Crippen LogP contribution is -2.22. The van der Waals surface area contributed by atoms with Gasteiger partial charge in [0.15, 0.2) is 0 Å². The zero-order chi connectivity index (χ0) is 15.9. The van der Waals surface area contributed by atoms with Crippen LogP contribution in [0.1, 0.15) is 34.8 Å². The molecule has 0 unspecified atom stereocenters. The molecule has 0 bridgehead atoms. The number of carbonyl (C=O) groups is 1. The van der Waals surface area contributed by atoms with Gasteiger partial charge < -0.3 is 10.6 Å². The van der Waals surface area contributed by atoms with Crippen LogP contribution in [0.5, 0.6) is 0 Å². The van der Waals surface area contributed by atoms with E-state index in [1.54, 1.807) is 24.3 Å². The number of aromatic nitrogens is 1. The molecule has 116 valence electrons. The van der Waals surface area contributed by atoms with Crippen LogP contribution >= 0.6 is 0 Å². The van der Waals surface area contributed by atoms with E-state index in [-0.39, 0.29) is 11.5 Å². The van der Waals surface area contributed by atoms with Crippen molar-refractivity contribution in [3.8, 4) is 0 Å². The third-order valence-corrected chi connectivity index (χ3v) is 3.07. The van der Waals surface area contributed by atoms with Gasteiger partial charge in [-0.05, 0) is 24.6 Å². The Hall–Kier alpha value is -2.50. The summed E-state index contributed by atoms with van der Waals surface area (Å²) in [6.07, 6.45) is -0.960. The first-order valence-electron chi connectivity index (χ1n) is 6.95. The molecule has 0 aliphatic carbocycles. The van der Waals surface area contributed by atoms with Crippen LogP contribution in [0.25, 0.3) is 0 Å².